The molecule has 5 nitrogen and oxygen atoms in total. The van der Waals surface area contributed by atoms with Gasteiger partial charge in [-0.05, 0) is 35.7 Å². The van der Waals surface area contributed by atoms with Crippen molar-refractivity contribution in [3.05, 3.63) is 107 Å². The van der Waals surface area contributed by atoms with Gasteiger partial charge in [-0.25, -0.2) is 9.97 Å². The van der Waals surface area contributed by atoms with Crippen LogP contribution in [0.5, 0.6) is 0 Å². The Morgan fingerprint density at radius 2 is 1.43 bits per heavy atom. The van der Waals surface area contributed by atoms with Crippen LogP contribution >= 0.6 is 11.6 Å². The largest absolute Gasteiger partial charge is 0.393 e. The third-order valence-electron chi connectivity index (χ3n) is 4.88. The van der Waals surface area contributed by atoms with Crippen LogP contribution in [0.2, 0.25) is 5.02 Å². The fourth-order valence-corrected chi connectivity index (χ4v) is 3.43. The van der Waals surface area contributed by atoms with Gasteiger partial charge >= 0.3 is 0 Å². The summed E-state index contributed by atoms with van der Waals surface area (Å²) in [6.07, 6.45) is 1.49. The van der Waals surface area contributed by atoms with Gasteiger partial charge in [-0.2, -0.15) is 0 Å². The number of hydrogen-bond acceptors (Lipinski definition) is 5. The Morgan fingerprint density at radius 1 is 0.833 bits per heavy atom. The molecule has 0 aliphatic carbocycles. The summed E-state index contributed by atoms with van der Waals surface area (Å²) in [6.45, 7) is 2.00. The summed E-state index contributed by atoms with van der Waals surface area (Å²) in [6, 6.07) is 25.9. The molecule has 150 valence electrons. The highest BCUT2D eigenvalue weighted by Gasteiger charge is 2.17. The van der Waals surface area contributed by atoms with E-state index in [-0.39, 0.29) is 6.04 Å². The van der Waals surface area contributed by atoms with Crippen molar-refractivity contribution in [1.82, 2.24) is 9.97 Å². The van der Waals surface area contributed by atoms with Crippen molar-refractivity contribution in [2.45, 2.75) is 13.0 Å². The normalized spacial score (nSPS) is 10.8. The first-order valence-corrected chi connectivity index (χ1v) is 9.99. The van der Waals surface area contributed by atoms with E-state index in [0.29, 0.717) is 22.3 Å². The van der Waals surface area contributed by atoms with Crippen LogP contribution in [0.3, 0.4) is 0 Å². The molecule has 6 heteroatoms. The number of benzene rings is 3. The minimum atomic E-state index is -0.106. The van der Waals surface area contributed by atoms with Gasteiger partial charge in [0.1, 0.15) is 12.0 Å². The molecule has 0 saturated carbocycles. The van der Waals surface area contributed by atoms with Gasteiger partial charge in [0.15, 0.2) is 11.6 Å². The van der Waals surface area contributed by atoms with Crippen LogP contribution in [0.15, 0.2) is 85.2 Å². The summed E-state index contributed by atoms with van der Waals surface area (Å²) in [5, 5.41) is 7.40. The number of hydrogen-bond donors (Lipinski definition) is 3. The smallest absolute Gasteiger partial charge is 0.159 e. The summed E-state index contributed by atoms with van der Waals surface area (Å²) < 4.78 is 0. The van der Waals surface area contributed by atoms with Crippen molar-refractivity contribution >= 4 is 34.6 Å². The molecule has 0 unspecified atom stereocenters. The molecule has 4 N–H and O–H groups in total. The van der Waals surface area contributed by atoms with E-state index >= 15 is 0 Å². The molecule has 0 fully saturated rings. The van der Waals surface area contributed by atoms with Gasteiger partial charge in [0, 0.05) is 10.7 Å². The molecule has 1 aromatic heterocycles. The van der Waals surface area contributed by atoms with Crippen molar-refractivity contribution in [2.75, 3.05) is 16.4 Å². The lowest BCUT2D eigenvalue weighted by Crippen LogP contribution is -2.15. The summed E-state index contributed by atoms with van der Waals surface area (Å²) in [5.74, 6) is 1.09. The number of aromatic nitrogens is 2. The van der Waals surface area contributed by atoms with Gasteiger partial charge in [0.25, 0.3) is 0 Å². The molecule has 0 amide bonds. The van der Waals surface area contributed by atoms with E-state index in [1.165, 1.54) is 6.33 Å². The van der Waals surface area contributed by atoms with Crippen molar-refractivity contribution < 1.29 is 0 Å². The topological polar surface area (TPSA) is 75.9 Å². The lowest BCUT2D eigenvalue weighted by Gasteiger charge is -2.22. The van der Waals surface area contributed by atoms with Crippen molar-refractivity contribution in [3.8, 4) is 0 Å². The zero-order valence-corrected chi connectivity index (χ0v) is 17.3. The first kappa shape index (κ1) is 19.7. The maximum Gasteiger partial charge on any atom is 0.159 e. The number of aryl methyl sites for hydroxylation is 1. The Hall–Kier alpha value is -3.57. The summed E-state index contributed by atoms with van der Waals surface area (Å²) >= 11 is 6.14. The zero-order chi connectivity index (χ0) is 20.9. The van der Waals surface area contributed by atoms with Gasteiger partial charge in [-0.3, -0.25) is 0 Å². The fourth-order valence-electron chi connectivity index (χ4n) is 3.25. The Labute approximate surface area is 181 Å². The molecule has 4 rings (SSSR count). The quantitative estimate of drug-likeness (QED) is 0.362. The molecule has 0 aliphatic rings. The Kier molecular flexibility index (Phi) is 5.82. The van der Waals surface area contributed by atoms with E-state index in [1.807, 2.05) is 61.5 Å². The van der Waals surface area contributed by atoms with Crippen molar-refractivity contribution in [1.29, 1.82) is 0 Å². The molecule has 0 spiro atoms. The average molecular weight is 416 g/mol. The Bertz CT molecular complexity index is 1090. The highest BCUT2D eigenvalue weighted by Crippen LogP contribution is 2.32. The molecule has 1 heterocycles. The third-order valence-corrected chi connectivity index (χ3v) is 5.12. The first-order chi connectivity index (χ1) is 14.6. The lowest BCUT2D eigenvalue weighted by atomic mass is 9.99. The highest BCUT2D eigenvalue weighted by atomic mass is 35.5. The Balaban J connectivity index is 1.68. The van der Waals surface area contributed by atoms with Gasteiger partial charge in [-0.15, -0.1) is 0 Å². The van der Waals surface area contributed by atoms with Gasteiger partial charge in [0.05, 0.1) is 6.04 Å². The summed E-state index contributed by atoms with van der Waals surface area (Å²) in [4.78, 5) is 8.73. The second kappa shape index (κ2) is 8.84. The van der Waals surface area contributed by atoms with Gasteiger partial charge < -0.3 is 16.4 Å². The van der Waals surface area contributed by atoms with Crippen molar-refractivity contribution in [2.24, 2.45) is 0 Å². The second-order valence-electron chi connectivity index (χ2n) is 6.97. The molecule has 4 aromatic rings. The van der Waals surface area contributed by atoms with Gasteiger partial charge in [-0.1, -0.05) is 78.3 Å². The molecule has 0 radical (unpaired) electrons. The van der Waals surface area contributed by atoms with E-state index < -0.39 is 0 Å². The standard InChI is InChI=1S/C24H22ClN5/c1-16-12-13-19(25)14-20(16)29-23-21(26)24(28-15-27-23)30-22(17-8-4-2-5-9-17)18-10-6-3-7-11-18/h2-15,22H,26H2,1H3,(H2,27,28,29,30). The third kappa shape index (κ3) is 4.36. The molecule has 0 atom stereocenters. The second-order valence-corrected chi connectivity index (χ2v) is 7.40. The summed E-state index contributed by atoms with van der Waals surface area (Å²) in [5.41, 5.74) is 11.0. The number of nitrogens with zero attached hydrogens (tertiary/aromatic N) is 2. The van der Waals surface area contributed by atoms with E-state index in [4.69, 9.17) is 17.3 Å². The van der Waals surface area contributed by atoms with Gasteiger partial charge in [0.2, 0.25) is 0 Å². The Morgan fingerprint density at radius 3 is 2.07 bits per heavy atom. The molecular formula is C24H22ClN5. The molecule has 3 aromatic carbocycles. The van der Waals surface area contributed by atoms with E-state index in [9.17, 15) is 0 Å². The summed E-state index contributed by atoms with van der Waals surface area (Å²) in [7, 11) is 0. The number of nitrogens with one attached hydrogen (secondary N) is 2. The number of halogens is 1. The predicted molar refractivity (Wildman–Crippen MR) is 124 cm³/mol. The first-order valence-electron chi connectivity index (χ1n) is 9.62. The van der Waals surface area contributed by atoms with Crippen LogP contribution in [0, 0.1) is 6.92 Å². The maximum absolute atomic E-state index is 6.44. The lowest BCUT2D eigenvalue weighted by molar-refractivity contribution is 0.924. The molecule has 0 aliphatic heterocycles. The average Bonchev–Trinajstić information content (AvgIpc) is 2.78. The fraction of sp³-hybridized carbons (Fsp3) is 0.0833. The number of rotatable bonds is 6. The van der Waals surface area contributed by atoms with Crippen molar-refractivity contribution in [3.63, 3.8) is 0 Å². The number of anilines is 4. The van der Waals surface area contributed by atoms with Crippen LogP contribution in [-0.2, 0) is 0 Å². The minimum absolute atomic E-state index is 0.106. The SMILES string of the molecule is Cc1ccc(Cl)cc1Nc1ncnc(NC(c2ccccc2)c2ccccc2)c1N. The number of nitrogens with two attached hydrogens (primary N) is 1. The van der Waals surface area contributed by atoms with Crippen LogP contribution in [0.25, 0.3) is 0 Å². The maximum atomic E-state index is 6.44. The molecule has 0 bridgehead atoms. The van der Waals surface area contributed by atoms with Crippen LogP contribution in [0.4, 0.5) is 23.0 Å². The van der Waals surface area contributed by atoms with Crippen LogP contribution in [0.1, 0.15) is 22.7 Å². The monoisotopic (exact) mass is 415 g/mol. The number of nitrogen functional groups attached to an aromatic ring is 1. The van der Waals surface area contributed by atoms with Crippen LogP contribution in [-0.4, -0.2) is 9.97 Å². The van der Waals surface area contributed by atoms with E-state index in [2.05, 4.69) is 44.9 Å². The van der Waals surface area contributed by atoms with Crippen LogP contribution < -0.4 is 16.4 Å². The molecule has 30 heavy (non-hydrogen) atoms. The molecule has 0 saturated heterocycles. The zero-order valence-electron chi connectivity index (χ0n) is 16.5. The van der Waals surface area contributed by atoms with E-state index in [0.717, 1.165) is 22.4 Å². The predicted octanol–water partition coefficient (Wildman–Crippen LogP) is 5.97. The van der Waals surface area contributed by atoms with E-state index in [1.54, 1.807) is 0 Å². The highest BCUT2D eigenvalue weighted by molar-refractivity contribution is 6.30. The minimum Gasteiger partial charge on any atom is -0.393 e. The molecular weight excluding hydrogens is 394 g/mol.